The molecule has 0 fully saturated rings. The lowest BCUT2D eigenvalue weighted by molar-refractivity contribution is -0.570. The predicted molar refractivity (Wildman–Crippen MR) is 111 cm³/mol. The molecular formula is C21H22N3O4S+. The summed E-state index contributed by atoms with van der Waals surface area (Å²) in [5, 5.41) is 6.59. The fourth-order valence-electron chi connectivity index (χ4n) is 2.86. The van der Waals surface area contributed by atoms with Gasteiger partial charge in [-0.25, -0.2) is 10.1 Å². The lowest BCUT2D eigenvalue weighted by Crippen LogP contribution is -2.49. The molecule has 2 heterocycles. The van der Waals surface area contributed by atoms with Crippen LogP contribution in [0.5, 0.6) is 0 Å². The van der Waals surface area contributed by atoms with E-state index in [9.17, 15) is 14.4 Å². The van der Waals surface area contributed by atoms with Crippen LogP contribution in [0.2, 0.25) is 0 Å². The van der Waals surface area contributed by atoms with Crippen molar-refractivity contribution in [2.24, 2.45) is 0 Å². The number of amides is 2. The van der Waals surface area contributed by atoms with E-state index in [1.807, 2.05) is 37.3 Å². The average molecular weight is 412 g/mol. The van der Waals surface area contributed by atoms with Crippen LogP contribution in [0.3, 0.4) is 0 Å². The highest BCUT2D eigenvalue weighted by atomic mass is 32.1. The molecule has 0 saturated heterocycles. The zero-order chi connectivity index (χ0) is 20.8. The van der Waals surface area contributed by atoms with Crippen LogP contribution < -0.4 is 15.2 Å². The Hall–Kier alpha value is -3.26. The largest absolute Gasteiger partial charge is 0.495 e. The van der Waals surface area contributed by atoms with Crippen molar-refractivity contribution in [1.82, 2.24) is 5.32 Å². The van der Waals surface area contributed by atoms with E-state index in [0.717, 1.165) is 5.56 Å². The van der Waals surface area contributed by atoms with E-state index in [2.05, 4.69) is 10.6 Å². The summed E-state index contributed by atoms with van der Waals surface area (Å²) in [6.07, 6.45) is 3.41. The van der Waals surface area contributed by atoms with Crippen LogP contribution in [-0.2, 0) is 16.0 Å². The van der Waals surface area contributed by atoms with E-state index in [1.165, 1.54) is 15.9 Å². The minimum absolute atomic E-state index is 0.191. The van der Waals surface area contributed by atoms with Crippen LogP contribution in [0.25, 0.3) is 10.1 Å². The number of carbonyl (C=O) groups excluding carboxylic acids is 3. The molecule has 2 aromatic heterocycles. The zero-order valence-corrected chi connectivity index (χ0v) is 17.0. The molecule has 3 rings (SSSR count). The molecule has 0 aliphatic heterocycles. The second-order valence-corrected chi connectivity index (χ2v) is 7.25. The maximum Gasteiger partial charge on any atom is 0.495 e. The van der Waals surface area contributed by atoms with E-state index in [4.69, 9.17) is 4.74 Å². The van der Waals surface area contributed by atoms with Crippen LogP contribution >= 0.6 is 11.3 Å². The van der Waals surface area contributed by atoms with Crippen LogP contribution in [0, 0.1) is 0 Å². The summed E-state index contributed by atoms with van der Waals surface area (Å²) in [7, 11) is 0. The van der Waals surface area contributed by atoms with Gasteiger partial charge in [0, 0.05) is 5.39 Å². The number of nitrogens with one attached hydrogen (secondary N) is 2. The third kappa shape index (κ3) is 4.78. The number of anilines is 1. The molecule has 29 heavy (non-hydrogen) atoms. The number of aromatic nitrogens is 1. The summed E-state index contributed by atoms with van der Waals surface area (Å²) in [4.78, 5) is 37.2. The topological polar surface area (TPSA) is 88.4 Å². The highest BCUT2D eigenvalue weighted by Crippen LogP contribution is 2.35. The van der Waals surface area contributed by atoms with Gasteiger partial charge in [-0.1, -0.05) is 30.3 Å². The molecule has 0 spiro atoms. The Morgan fingerprint density at radius 1 is 1.10 bits per heavy atom. The van der Waals surface area contributed by atoms with Gasteiger partial charge in [0.15, 0.2) is 0 Å². The molecule has 0 aliphatic rings. The number of esters is 1. The first-order valence-corrected chi connectivity index (χ1v) is 10.1. The van der Waals surface area contributed by atoms with E-state index in [-0.39, 0.29) is 25.0 Å². The summed E-state index contributed by atoms with van der Waals surface area (Å²) in [6.45, 7) is 4.28. The number of carbonyl (C=O) groups is 3. The lowest BCUT2D eigenvalue weighted by Gasteiger charge is -2.07. The molecule has 8 heteroatoms. The number of ether oxygens (including phenoxy) is 1. The maximum absolute atomic E-state index is 12.5. The zero-order valence-electron chi connectivity index (χ0n) is 16.2. The fraction of sp³-hybridized carbons (Fsp3) is 0.238. The Bertz CT molecular complexity index is 1050. The number of hydrogen-bond acceptors (Lipinski definition) is 5. The van der Waals surface area contributed by atoms with E-state index in [0.29, 0.717) is 27.2 Å². The van der Waals surface area contributed by atoms with Gasteiger partial charge in [-0.15, -0.1) is 11.3 Å². The van der Waals surface area contributed by atoms with Gasteiger partial charge < -0.3 is 10.1 Å². The van der Waals surface area contributed by atoms with Crippen molar-refractivity contribution >= 4 is 44.3 Å². The molecule has 0 atom stereocenters. The number of hydrogen-bond donors (Lipinski definition) is 2. The molecule has 0 unspecified atom stereocenters. The number of thiophene rings is 1. The third-order valence-electron chi connectivity index (χ3n) is 4.13. The maximum atomic E-state index is 12.5. The van der Waals surface area contributed by atoms with Crippen molar-refractivity contribution < 1.29 is 23.7 Å². The normalized spacial score (nSPS) is 10.6. The minimum Gasteiger partial charge on any atom is -0.462 e. The SMILES string of the molecule is CCNC(=O)[n+]1ccc2c(C(=O)OCC)c(NC(=O)Cc3ccccc3)sc2c1. The highest BCUT2D eigenvalue weighted by molar-refractivity contribution is 7.23. The number of benzene rings is 1. The molecule has 2 N–H and O–H groups in total. The summed E-state index contributed by atoms with van der Waals surface area (Å²) in [5.41, 5.74) is 1.18. The van der Waals surface area contributed by atoms with Gasteiger partial charge in [0.05, 0.1) is 24.3 Å². The van der Waals surface area contributed by atoms with Gasteiger partial charge in [-0.2, -0.15) is 9.36 Å². The average Bonchev–Trinajstić information content (AvgIpc) is 3.05. The number of pyridine rings is 1. The molecular weight excluding hydrogens is 390 g/mol. The van der Waals surface area contributed by atoms with Crippen molar-refractivity contribution in [3.63, 3.8) is 0 Å². The van der Waals surface area contributed by atoms with Gasteiger partial charge in [-0.3, -0.25) is 4.79 Å². The minimum atomic E-state index is -0.510. The van der Waals surface area contributed by atoms with Gasteiger partial charge >= 0.3 is 12.0 Å². The van der Waals surface area contributed by atoms with Gasteiger partial charge in [0.1, 0.15) is 23.0 Å². The highest BCUT2D eigenvalue weighted by Gasteiger charge is 2.24. The monoisotopic (exact) mass is 412 g/mol. The molecule has 0 bridgehead atoms. The molecule has 150 valence electrons. The van der Waals surface area contributed by atoms with Crippen LogP contribution in [0.1, 0.15) is 29.8 Å². The second-order valence-electron chi connectivity index (χ2n) is 6.20. The number of fused-ring (bicyclic) bond motifs is 1. The summed E-state index contributed by atoms with van der Waals surface area (Å²) < 4.78 is 7.28. The predicted octanol–water partition coefficient (Wildman–Crippen LogP) is 3.12. The Labute approximate surface area is 172 Å². The fourth-order valence-corrected chi connectivity index (χ4v) is 3.99. The summed E-state index contributed by atoms with van der Waals surface area (Å²) in [5.74, 6) is -0.741. The first kappa shape index (κ1) is 20.5. The molecule has 0 saturated carbocycles. The van der Waals surface area contributed by atoms with E-state index >= 15 is 0 Å². The van der Waals surface area contributed by atoms with Gasteiger partial charge in [0.2, 0.25) is 5.91 Å². The molecule has 1 aromatic carbocycles. The van der Waals surface area contributed by atoms with Crippen molar-refractivity contribution in [2.75, 3.05) is 18.5 Å². The molecule has 2 amide bonds. The van der Waals surface area contributed by atoms with Crippen molar-refractivity contribution in [3.05, 3.63) is 59.9 Å². The summed E-state index contributed by atoms with van der Waals surface area (Å²) in [6, 6.07) is 10.8. The smallest absolute Gasteiger partial charge is 0.462 e. The Kier molecular flexibility index (Phi) is 6.56. The standard InChI is InChI=1S/C21H21N3O4S/c1-3-22-21(27)24-11-10-15-16(13-24)29-19(18(15)20(26)28-4-2)23-17(25)12-14-8-6-5-7-9-14/h5-11,13H,3-4,12H2,1-2H3,(H,22,27)/p+1. The van der Waals surface area contributed by atoms with Gasteiger partial charge in [-0.05, 0) is 25.5 Å². The Morgan fingerprint density at radius 2 is 1.86 bits per heavy atom. The van der Waals surface area contributed by atoms with Crippen LogP contribution in [0.4, 0.5) is 9.80 Å². The first-order chi connectivity index (χ1) is 14.0. The van der Waals surface area contributed by atoms with Crippen molar-refractivity contribution in [3.8, 4) is 0 Å². The van der Waals surface area contributed by atoms with Crippen molar-refractivity contribution in [2.45, 2.75) is 20.3 Å². The van der Waals surface area contributed by atoms with E-state index < -0.39 is 5.97 Å². The first-order valence-electron chi connectivity index (χ1n) is 9.30. The van der Waals surface area contributed by atoms with Gasteiger partial charge in [0.25, 0.3) is 0 Å². The van der Waals surface area contributed by atoms with Crippen LogP contribution in [-0.4, -0.2) is 31.1 Å². The quantitative estimate of drug-likeness (QED) is 0.481. The molecule has 0 radical (unpaired) electrons. The lowest BCUT2D eigenvalue weighted by atomic mass is 10.1. The van der Waals surface area contributed by atoms with E-state index in [1.54, 1.807) is 25.4 Å². The Morgan fingerprint density at radius 3 is 2.55 bits per heavy atom. The summed E-state index contributed by atoms with van der Waals surface area (Å²) >= 11 is 1.23. The molecule has 7 nitrogen and oxygen atoms in total. The second kappa shape index (κ2) is 9.29. The van der Waals surface area contributed by atoms with Crippen molar-refractivity contribution in [1.29, 1.82) is 0 Å². The van der Waals surface area contributed by atoms with Crippen LogP contribution in [0.15, 0.2) is 48.8 Å². The number of nitrogens with zero attached hydrogens (tertiary/aromatic N) is 1. The molecule has 3 aromatic rings. The third-order valence-corrected chi connectivity index (χ3v) is 5.19. The Balaban J connectivity index is 1.95. The number of rotatable bonds is 6. The molecule has 0 aliphatic carbocycles.